The highest BCUT2D eigenvalue weighted by molar-refractivity contribution is 5.62. The number of rotatable bonds is 2. The van der Waals surface area contributed by atoms with E-state index in [-0.39, 0.29) is 0 Å². The van der Waals surface area contributed by atoms with E-state index in [1.807, 2.05) is 0 Å². The third-order valence-corrected chi connectivity index (χ3v) is 2.67. The number of alkyl halides is 3. The van der Waals surface area contributed by atoms with Crippen molar-refractivity contribution in [3.63, 3.8) is 0 Å². The second-order valence-corrected chi connectivity index (χ2v) is 4.17. The van der Waals surface area contributed by atoms with Crippen LogP contribution in [0.5, 0.6) is 5.75 Å². The molecule has 0 unspecified atom stereocenters. The number of hydrogen-bond donors (Lipinski definition) is 0. The number of pyridine rings is 1. The van der Waals surface area contributed by atoms with Gasteiger partial charge in [0.15, 0.2) is 0 Å². The molecule has 2 rings (SSSR count). The summed E-state index contributed by atoms with van der Waals surface area (Å²) >= 11 is 0. The number of methoxy groups -OCH3 is 1. The molecule has 19 heavy (non-hydrogen) atoms. The maximum atomic E-state index is 12.8. The Hall–Kier alpha value is -2.04. The summed E-state index contributed by atoms with van der Waals surface area (Å²) in [5.41, 5.74) is 0.737. The highest BCUT2D eigenvalue weighted by atomic mass is 19.4. The van der Waals surface area contributed by atoms with E-state index in [9.17, 15) is 13.2 Å². The van der Waals surface area contributed by atoms with Gasteiger partial charge in [0.05, 0.1) is 18.4 Å². The van der Waals surface area contributed by atoms with Crippen LogP contribution >= 0.6 is 0 Å². The minimum Gasteiger partial charge on any atom is -0.497 e. The largest absolute Gasteiger partial charge is 0.497 e. The van der Waals surface area contributed by atoms with E-state index >= 15 is 0 Å². The first kappa shape index (κ1) is 13.4. The number of halogens is 3. The lowest BCUT2D eigenvalue weighted by atomic mass is 10.0. The van der Waals surface area contributed by atoms with Gasteiger partial charge in [-0.1, -0.05) is 0 Å². The number of aryl methyl sites for hydroxylation is 1. The number of hydrogen-bond acceptors (Lipinski definition) is 2. The Kier molecular flexibility index (Phi) is 3.46. The first-order valence-electron chi connectivity index (χ1n) is 5.59. The summed E-state index contributed by atoms with van der Waals surface area (Å²) in [6.07, 6.45) is -2.86. The Balaban J connectivity index is 2.53. The van der Waals surface area contributed by atoms with Crippen LogP contribution in [0.2, 0.25) is 0 Å². The minimum absolute atomic E-state index is 0.422. The smallest absolute Gasteiger partial charge is 0.416 e. The fourth-order valence-corrected chi connectivity index (χ4v) is 1.79. The molecule has 0 bridgehead atoms. The molecule has 100 valence electrons. The normalized spacial score (nSPS) is 11.4. The standard InChI is InChI=1S/C14H12F3NO/c1-9-5-10(7-11(6-9)14(15,16)17)13-8-12(19-2)3-4-18-13/h3-8H,1-2H3. The number of aromatic nitrogens is 1. The van der Waals surface area contributed by atoms with Crippen LogP contribution in [0.15, 0.2) is 36.5 Å². The third-order valence-electron chi connectivity index (χ3n) is 2.67. The molecule has 1 heterocycles. The zero-order chi connectivity index (χ0) is 14.0. The first-order valence-corrected chi connectivity index (χ1v) is 5.59. The molecule has 0 amide bonds. The lowest BCUT2D eigenvalue weighted by Gasteiger charge is -2.11. The number of nitrogens with zero attached hydrogens (tertiary/aromatic N) is 1. The second kappa shape index (κ2) is 4.91. The fourth-order valence-electron chi connectivity index (χ4n) is 1.79. The molecule has 5 heteroatoms. The van der Waals surface area contributed by atoms with Crippen molar-refractivity contribution in [3.05, 3.63) is 47.7 Å². The van der Waals surface area contributed by atoms with Crippen molar-refractivity contribution in [1.29, 1.82) is 0 Å². The highest BCUT2D eigenvalue weighted by Crippen LogP contribution is 2.33. The predicted octanol–water partition coefficient (Wildman–Crippen LogP) is 4.08. The predicted molar refractivity (Wildman–Crippen MR) is 66.0 cm³/mol. The summed E-state index contributed by atoms with van der Waals surface area (Å²) in [4.78, 5) is 4.07. The lowest BCUT2D eigenvalue weighted by molar-refractivity contribution is -0.137. The molecule has 0 fully saturated rings. The van der Waals surface area contributed by atoms with E-state index in [4.69, 9.17) is 4.74 Å². The minimum atomic E-state index is -4.36. The van der Waals surface area contributed by atoms with Gasteiger partial charge in [0.25, 0.3) is 0 Å². The van der Waals surface area contributed by atoms with E-state index in [2.05, 4.69) is 4.98 Å². The SMILES string of the molecule is COc1ccnc(-c2cc(C)cc(C(F)(F)F)c2)c1. The molecule has 0 saturated heterocycles. The van der Waals surface area contributed by atoms with Crippen molar-refractivity contribution < 1.29 is 17.9 Å². The van der Waals surface area contributed by atoms with Gasteiger partial charge >= 0.3 is 6.18 Å². The van der Waals surface area contributed by atoms with E-state index in [1.165, 1.54) is 13.3 Å². The molecule has 0 N–H and O–H groups in total. The molecular weight excluding hydrogens is 255 g/mol. The highest BCUT2D eigenvalue weighted by Gasteiger charge is 2.31. The topological polar surface area (TPSA) is 22.1 Å². The maximum Gasteiger partial charge on any atom is 0.416 e. The van der Waals surface area contributed by atoms with Gasteiger partial charge in [0.2, 0.25) is 0 Å². The third kappa shape index (κ3) is 3.05. The summed E-state index contributed by atoms with van der Waals surface area (Å²) in [5, 5.41) is 0. The van der Waals surface area contributed by atoms with E-state index in [1.54, 1.807) is 25.1 Å². The Morgan fingerprint density at radius 1 is 1.11 bits per heavy atom. The Morgan fingerprint density at radius 3 is 2.47 bits per heavy atom. The van der Waals surface area contributed by atoms with E-state index in [0.29, 0.717) is 22.6 Å². The number of benzene rings is 1. The van der Waals surface area contributed by atoms with Gasteiger partial charge < -0.3 is 4.74 Å². The summed E-state index contributed by atoms with van der Waals surface area (Å²) in [7, 11) is 1.50. The molecule has 1 aromatic heterocycles. The van der Waals surface area contributed by atoms with Crippen LogP contribution in [0.1, 0.15) is 11.1 Å². The summed E-state index contributed by atoms with van der Waals surface area (Å²) in [5.74, 6) is 0.556. The van der Waals surface area contributed by atoms with Gasteiger partial charge in [-0.25, -0.2) is 0 Å². The van der Waals surface area contributed by atoms with Crippen LogP contribution in [-0.2, 0) is 6.18 Å². The molecule has 1 aromatic carbocycles. The van der Waals surface area contributed by atoms with Gasteiger partial charge in [-0.05, 0) is 36.8 Å². The zero-order valence-corrected chi connectivity index (χ0v) is 10.5. The Labute approximate surface area is 108 Å². The van der Waals surface area contributed by atoms with Gasteiger partial charge in [0.1, 0.15) is 5.75 Å². The Morgan fingerprint density at radius 2 is 1.84 bits per heavy atom. The molecule has 0 aliphatic heterocycles. The average molecular weight is 267 g/mol. The molecule has 0 aliphatic rings. The van der Waals surface area contributed by atoms with Gasteiger partial charge in [-0.15, -0.1) is 0 Å². The summed E-state index contributed by atoms with van der Waals surface area (Å²) in [6, 6.07) is 7.12. The molecule has 0 spiro atoms. The van der Waals surface area contributed by atoms with Crippen molar-refractivity contribution >= 4 is 0 Å². The molecule has 0 aliphatic carbocycles. The van der Waals surface area contributed by atoms with Crippen molar-refractivity contribution in [2.75, 3.05) is 7.11 Å². The molecule has 0 atom stereocenters. The van der Waals surface area contributed by atoms with Gasteiger partial charge in [-0.3, -0.25) is 4.98 Å². The molecular formula is C14H12F3NO. The van der Waals surface area contributed by atoms with Crippen molar-refractivity contribution in [3.8, 4) is 17.0 Å². The average Bonchev–Trinajstić information content (AvgIpc) is 2.37. The Bertz CT molecular complexity index is 593. The van der Waals surface area contributed by atoms with Crippen LogP contribution in [0, 0.1) is 6.92 Å². The van der Waals surface area contributed by atoms with Crippen molar-refractivity contribution in [2.45, 2.75) is 13.1 Å². The quantitative estimate of drug-likeness (QED) is 0.817. The zero-order valence-electron chi connectivity index (χ0n) is 10.5. The fraction of sp³-hybridized carbons (Fsp3) is 0.214. The monoisotopic (exact) mass is 267 g/mol. The van der Waals surface area contributed by atoms with Crippen LogP contribution in [0.25, 0.3) is 11.3 Å². The molecule has 2 nitrogen and oxygen atoms in total. The number of ether oxygens (including phenoxy) is 1. The summed E-state index contributed by atoms with van der Waals surface area (Å²) < 4.78 is 43.3. The van der Waals surface area contributed by atoms with Crippen LogP contribution in [0.4, 0.5) is 13.2 Å². The molecule has 0 saturated carbocycles. The first-order chi connectivity index (χ1) is 8.90. The van der Waals surface area contributed by atoms with Crippen LogP contribution in [0.3, 0.4) is 0 Å². The lowest BCUT2D eigenvalue weighted by Crippen LogP contribution is -2.05. The molecule has 0 radical (unpaired) electrons. The molecule has 2 aromatic rings. The van der Waals surface area contributed by atoms with Crippen LogP contribution in [-0.4, -0.2) is 12.1 Å². The van der Waals surface area contributed by atoms with Crippen molar-refractivity contribution in [1.82, 2.24) is 4.98 Å². The van der Waals surface area contributed by atoms with Crippen LogP contribution < -0.4 is 4.74 Å². The van der Waals surface area contributed by atoms with Gasteiger partial charge in [-0.2, -0.15) is 13.2 Å². The van der Waals surface area contributed by atoms with E-state index in [0.717, 1.165) is 12.1 Å². The maximum absolute atomic E-state index is 12.8. The van der Waals surface area contributed by atoms with Crippen molar-refractivity contribution in [2.24, 2.45) is 0 Å². The second-order valence-electron chi connectivity index (χ2n) is 4.17. The summed E-state index contributed by atoms with van der Waals surface area (Å²) in [6.45, 7) is 1.62. The van der Waals surface area contributed by atoms with Gasteiger partial charge in [0, 0.05) is 17.8 Å². The van der Waals surface area contributed by atoms with E-state index < -0.39 is 11.7 Å².